The Hall–Kier alpha value is -1.52. The van der Waals surface area contributed by atoms with Crippen LogP contribution in [0.2, 0.25) is 0 Å². The zero-order valence-electron chi connectivity index (χ0n) is 11.0. The summed E-state index contributed by atoms with van der Waals surface area (Å²) in [6.45, 7) is 3.09. The van der Waals surface area contributed by atoms with Gasteiger partial charge < -0.3 is 5.32 Å². The summed E-state index contributed by atoms with van der Waals surface area (Å²) in [5.41, 5.74) is 1.20. The van der Waals surface area contributed by atoms with E-state index in [1.165, 1.54) is 6.92 Å². The van der Waals surface area contributed by atoms with Gasteiger partial charge in [-0.15, -0.1) is 10.2 Å². The molecule has 0 aliphatic heterocycles. The molecule has 0 spiro atoms. The van der Waals surface area contributed by atoms with Crippen LogP contribution in [0.1, 0.15) is 12.5 Å². The van der Waals surface area contributed by atoms with E-state index >= 15 is 0 Å². The fraction of sp³-hybridized carbons (Fsp3) is 0.182. The summed E-state index contributed by atoms with van der Waals surface area (Å²) < 4.78 is 27.5. The van der Waals surface area contributed by atoms with E-state index in [2.05, 4.69) is 36.2 Å². The maximum absolute atomic E-state index is 12.2. The minimum absolute atomic E-state index is 0.133. The Labute approximate surface area is 134 Å². The Kier molecular flexibility index (Phi) is 4.59. The zero-order chi connectivity index (χ0) is 15.6. The summed E-state index contributed by atoms with van der Waals surface area (Å²) in [7, 11) is -3.84. The minimum Gasteiger partial charge on any atom is -0.301 e. The van der Waals surface area contributed by atoms with Crippen molar-refractivity contribution < 1.29 is 13.2 Å². The van der Waals surface area contributed by atoms with E-state index in [1.54, 1.807) is 19.1 Å². The van der Waals surface area contributed by atoms with Crippen molar-refractivity contribution in [2.75, 3.05) is 10.0 Å². The molecule has 2 rings (SSSR count). The molecule has 1 aromatic carbocycles. The molecule has 7 nitrogen and oxygen atoms in total. The molecule has 0 radical (unpaired) electrons. The highest BCUT2D eigenvalue weighted by Gasteiger charge is 2.21. The van der Waals surface area contributed by atoms with Gasteiger partial charge in [0.15, 0.2) is 0 Å². The third kappa shape index (κ3) is 3.77. The van der Waals surface area contributed by atoms with Crippen LogP contribution in [0.3, 0.4) is 0 Å². The number of rotatable bonds is 4. The number of anilines is 2. The molecule has 21 heavy (non-hydrogen) atoms. The molecular weight excluding hydrogens is 380 g/mol. The number of nitrogens with zero attached hydrogens (tertiary/aromatic N) is 2. The highest BCUT2D eigenvalue weighted by Crippen LogP contribution is 2.27. The first-order valence-electron chi connectivity index (χ1n) is 5.68. The van der Waals surface area contributed by atoms with Crippen molar-refractivity contribution in [1.82, 2.24) is 10.2 Å². The van der Waals surface area contributed by atoms with Crippen molar-refractivity contribution in [1.29, 1.82) is 0 Å². The second-order valence-electron chi connectivity index (χ2n) is 4.07. The Balaban J connectivity index is 2.28. The van der Waals surface area contributed by atoms with Gasteiger partial charge in [-0.1, -0.05) is 33.3 Å². The highest BCUT2D eigenvalue weighted by molar-refractivity contribution is 9.10. The largest absolute Gasteiger partial charge is 0.301 e. The lowest BCUT2D eigenvalue weighted by Gasteiger charge is -2.09. The molecule has 2 N–H and O–H groups in total. The zero-order valence-corrected chi connectivity index (χ0v) is 14.3. The number of carbonyl (C=O) groups excluding carboxylic acids is 1. The standard InChI is InChI=1S/C11H11BrN4O3S2/c1-6-8(12)4-3-5-9(6)16-21(18,19)11-15-14-10(20-11)13-7(2)17/h3-5,16H,1-2H3,(H,13,14,17). The molecule has 0 aliphatic rings. The van der Waals surface area contributed by atoms with Gasteiger partial charge in [-0.05, 0) is 24.6 Å². The van der Waals surface area contributed by atoms with Crippen molar-refractivity contribution in [3.63, 3.8) is 0 Å². The normalized spacial score (nSPS) is 11.2. The number of sulfonamides is 1. The summed E-state index contributed by atoms with van der Waals surface area (Å²) in [5.74, 6) is -0.342. The molecular formula is C11H11BrN4O3S2. The summed E-state index contributed by atoms with van der Waals surface area (Å²) in [6.07, 6.45) is 0. The fourth-order valence-electron chi connectivity index (χ4n) is 1.43. The number of amides is 1. The summed E-state index contributed by atoms with van der Waals surface area (Å²) in [4.78, 5) is 10.9. The quantitative estimate of drug-likeness (QED) is 0.780. The number of benzene rings is 1. The van der Waals surface area contributed by atoms with Crippen molar-refractivity contribution in [3.8, 4) is 0 Å². The lowest BCUT2D eigenvalue weighted by Crippen LogP contribution is -2.13. The van der Waals surface area contributed by atoms with Crippen molar-refractivity contribution in [2.45, 2.75) is 18.2 Å². The molecule has 0 saturated heterocycles. The van der Waals surface area contributed by atoms with Gasteiger partial charge in [0, 0.05) is 11.4 Å². The first-order chi connectivity index (χ1) is 9.79. The van der Waals surface area contributed by atoms with Gasteiger partial charge in [-0.25, -0.2) is 0 Å². The molecule has 0 bridgehead atoms. The SMILES string of the molecule is CC(=O)Nc1nnc(S(=O)(=O)Nc2cccc(Br)c2C)s1. The molecule has 0 saturated carbocycles. The molecule has 0 fully saturated rings. The lowest BCUT2D eigenvalue weighted by molar-refractivity contribution is -0.114. The van der Waals surface area contributed by atoms with Crippen molar-refractivity contribution in [2.24, 2.45) is 0 Å². The first kappa shape index (κ1) is 15.9. The predicted octanol–water partition coefficient (Wildman–Crippen LogP) is 2.37. The van der Waals surface area contributed by atoms with E-state index in [0.29, 0.717) is 5.69 Å². The van der Waals surface area contributed by atoms with Gasteiger partial charge >= 0.3 is 0 Å². The Bertz CT molecular complexity index is 789. The third-order valence-corrected chi connectivity index (χ3v) is 5.86. The average Bonchev–Trinajstić information content (AvgIpc) is 2.83. The van der Waals surface area contributed by atoms with Crippen LogP contribution in [0.15, 0.2) is 27.0 Å². The van der Waals surface area contributed by atoms with Gasteiger partial charge in [-0.2, -0.15) is 8.42 Å². The fourth-order valence-corrected chi connectivity index (χ4v) is 3.86. The summed E-state index contributed by atoms with van der Waals surface area (Å²) >= 11 is 4.11. The number of carbonyl (C=O) groups is 1. The maximum atomic E-state index is 12.2. The van der Waals surface area contributed by atoms with E-state index in [9.17, 15) is 13.2 Å². The Morgan fingerprint density at radius 3 is 2.71 bits per heavy atom. The molecule has 1 aromatic heterocycles. The van der Waals surface area contributed by atoms with Crippen LogP contribution >= 0.6 is 27.3 Å². The maximum Gasteiger partial charge on any atom is 0.291 e. The molecule has 1 heterocycles. The van der Waals surface area contributed by atoms with Crippen LogP contribution in [0.4, 0.5) is 10.8 Å². The van der Waals surface area contributed by atoms with Gasteiger partial charge in [-0.3, -0.25) is 9.52 Å². The van der Waals surface area contributed by atoms with Crippen molar-refractivity contribution in [3.05, 3.63) is 28.2 Å². The number of nitrogens with one attached hydrogen (secondary N) is 2. The van der Waals surface area contributed by atoms with Crippen molar-refractivity contribution >= 4 is 54.0 Å². The number of aromatic nitrogens is 2. The lowest BCUT2D eigenvalue weighted by atomic mass is 10.2. The molecule has 0 aliphatic carbocycles. The number of halogens is 1. The Morgan fingerprint density at radius 1 is 1.33 bits per heavy atom. The van der Waals surface area contributed by atoms with E-state index in [1.807, 2.05) is 6.07 Å². The van der Waals surface area contributed by atoms with E-state index in [4.69, 9.17) is 0 Å². The third-order valence-electron chi connectivity index (χ3n) is 2.43. The Morgan fingerprint density at radius 2 is 2.05 bits per heavy atom. The molecule has 1 amide bonds. The van der Waals surface area contributed by atoms with Gasteiger partial charge in [0.2, 0.25) is 11.0 Å². The van der Waals surface area contributed by atoms with Crippen LogP contribution in [0.25, 0.3) is 0 Å². The van der Waals surface area contributed by atoms with Gasteiger partial charge in [0.25, 0.3) is 14.4 Å². The molecule has 0 unspecified atom stereocenters. The molecule has 2 aromatic rings. The van der Waals surface area contributed by atoms with Crippen LogP contribution in [0, 0.1) is 6.92 Å². The van der Waals surface area contributed by atoms with Crippen LogP contribution < -0.4 is 10.0 Å². The van der Waals surface area contributed by atoms with E-state index in [0.717, 1.165) is 21.4 Å². The van der Waals surface area contributed by atoms with E-state index < -0.39 is 10.0 Å². The van der Waals surface area contributed by atoms with Crippen LogP contribution in [0.5, 0.6) is 0 Å². The number of hydrogen-bond acceptors (Lipinski definition) is 6. The minimum atomic E-state index is -3.84. The summed E-state index contributed by atoms with van der Waals surface area (Å²) in [6, 6.07) is 5.18. The monoisotopic (exact) mass is 390 g/mol. The predicted molar refractivity (Wildman–Crippen MR) is 83.9 cm³/mol. The smallest absolute Gasteiger partial charge is 0.291 e. The first-order valence-corrected chi connectivity index (χ1v) is 8.78. The van der Waals surface area contributed by atoms with Crippen LogP contribution in [-0.4, -0.2) is 24.5 Å². The second-order valence-corrected chi connectivity index (χ2v) is 7.76. The van der Waals surface area contributed by atoms with Crippen LogP contribution in [-0.2, 0) is 14.8 Å². The topological polar surface area (TPSA) is 101 Å². The van der Waals surface area contributed by atoms with E-state index in [-0.39, 0.29) is 15.4 Å². The summed E-state index contributed by atoms with van der Waals surface area (Å²) in [5, 5.41) is 9.71. The molecule has 10 heteroatoms. The average molecular weight is 391 g/mol. The molecule has 112 valence electrons. The van der Waals surface area contributed by atoms with Gasteiger partial charge in [0.05, 0.1) is 5.69 Å². The number of hydrogen-bond donors (Lipinski definition) is 2. The second kappa shape index (κ2) is 6.08. The highest BCUT2D eigenvalue weighted by atomic mass is 79.9. The van der Waals surface area contributed by atoms with Gasteiger partial charge in [0.1, 0.15) is 0 Å². The molecule has 0 atom stereocenters.